The summed E-state index contributed by atoms with van der Waals surface area (Å²) in [5.41, 5.74) is 6.76. The van der Waals surface area contributed by atoms with E-state index in [1.54, 1.807) is 6.07 Å². The van der Waals surface area contributed by atoms with Gasteiger partial charge in [0.05, 0.1) is 6.20 Å². The first kappa shape index (κ1) is 13.5. The van der Waals surface area contributed by atoms with Gasteiger partial charge in [0, 0.05) is 13.1 Å². The summed E-state index contributed by atoms with van der Waals surface area (Å²) in [7, 11) is 0. The van der Waals surface area contributed by atoms with Crippen molar-refractivity contribution in [1.29, 1.82) is 0 Å². The van der Waals surface area contributed by atoms with Crippen LogP contribution in [0.1, 0.15) is 12.0 Å². The highest BCUT2D eigenvalue weighted by Gasteiger charge is 2.08. The Morgan fingerprint density at radius 2 is 1.89 bits per heavy atom. The third-order valence-corrected chi connectivity index (χ3v) is 2.88. The maximum absolute atomic E-state index is 12.9. The van der Waals surface area contributed by atoms with Gasteiger partial charge >= 0.3 is 0 Å². The van der Waals surface area contributed by atoms with E-state index in [0.717, 1.165) is 25.3 Å². The molecule has 0 saturated carbocycles. The van der Waals surface area contributed by atoms with E-state index in [9.17, 15) is 4.39 Å². The first-order chi connectivity index (χ1) is 9.29. The van der Waals surface area contributed by atoms with Gasteiger partial charge in [-0.2, -0.15) is 0 Å². The summed E-state index contributed by atoms with van der Waals surface area (Å²) in [6.45, 7) is 2.19. The maximum atomic E-state index is 12.9. The van der Waals surface area contributed by atoms with Crippen LogP contribution in [0.25, 0.3) is 0 Å². The molecule has 0 amide bonds. The molecular weight excluding hydrogens is 241 g/mol. The second kappa shape index (κ2) is 6.85. The molecular formula is C15H18FN3. The lowest BCUT2D eigenvalue weighted by Crippen LogP contribution is -2.26. The van der Waals surface area contributed by atoms with Crippen LogP contribution in [0.3, 0.4) is 0 Å². The molecule has 3 nitrogen and oxygen atoms in total. The number of anilines is 1. The summed E-state index contributed by atoms with van der Waals surface area (Å²) in [5, 5.41) is 0. The van der Waals surface area contributed by atoms with Crippen molar-refractivity contribution < 1.29 is 4.39 Å². The summed E-state index contributed by atoms with van der Waals surface area (Å²) < 4.78 is 12.9. The molecule has 2 N–H and O–H groups in total. The predicted molar refractivity (Wildman–Crippen MR) is 75.4 cm³/mol. The van der Waals surface area contributed by atoms with Crippen LogP contribution in [0.2, 0.25) is 0 Å². The highest BCUT2D eigenvalue weighted by molar-refractivity contribution is 5.39. The molecule has 0 radical (unpaired) electrons. The number of aromatic nitrogens is 1. The summed E-state index contributed by atoms with van der Waals surface area (Å²) in [4.78, 5) is 6.25. The Balaban J connectivity index is 2.13. The number of benzene rings is 1. The lowest BCUT2D eigenvalue weighted by Gasteiger charge is -2.23. The number of halogens is 1. The van der Waals surface area contributed by atoms with E-state index in [4.69, 9.17) is 5.73 Å². The minimum absolute atomic E-state index is 0.317. The van der Waals surface area contributed by atoms with Gasteiger partial charge in [-0.3, -0.25) is 0 Å². The molecule has 0 spiro atoms. The molecule has 2 rings (SSSR count). The third-order valence-electron chi connectivity index (χ3n) is 2.88. The van der Waals surface area contributed by atoms with E-state index in [-0.39, 0.29) is 5.82 Å². The largest absolute Gasteiger partial charge is 0.352 e. The van der Waals surface area contributed by atoms with Gasteiger partial charge in [-0.05, 0) is 30.7 Å². The zero-order valence-electron chi connectivity index (χ0n) is 10.8. The van der Waals surface area contributed by atoms with Crippen LogP contribution in [0, 0.1) is 5.82 Å². The molecule has 1 aromatic heterocycles. The molecule has 0 saturated heterocycles. The summed E-state index contributed by atoms with van der Waals surface area (Å²) in [6, 6.07) is 13.3. The average molecular weight is 259 g/mol. The Labute approximate surface area is 112 Å². The van der Waals surface area contributed by atoms with Crippen molar-refractivity contribution in [3.8, 4) is 0 Å². The molecule has 100 valence electrons. The predicted octanol–water partition coefficient (Wildman–Crippen LogP) is 2.58. The van der Waals surface area contributed by atoms with Crippen LogP contribution in [0.15, 0.2) is 48.7 Å². The molecule has 0 aliphatic heterocycles. The van der Waals surface area contributed by atoms with Crippen LogP contribution >= 0.6 is 0 Å². The van der Waals surface area contributed by atoms with Crippen LogP contribution in [-0.2, 0) is 6.54 Å². The Bertz CT molecular complexity index is 485. The second-order valence-electron chi connectivity index (χ2n) is 4.38. The van der Waals surface area contributed by atoms with Gasteiger partial charge in [-0.15, -0.1) is 0 Å². The maximum Gasteiger partial charge on any atom is 0.141 e. The SMILES string of the molecule is NCCCN(Cc1ccccc1)c1ccc(F)cn1. The number of nitrogens with zero attached hydrogens (tertiary/aromatic N) is 2. The standard InChI is InChI=1S/C15H18FN3/c16-14-7-8-15(18-11-14)19(10-4-9-17)12-13-5-2-1-3-6-13/h1-3,5-8,11H,4,9-10,12,17H2. The molecule has 19 heavy (non-hydrogen) atoms. The van der Waals surface area contributed by atoms with Crippen molar-refractivity contribution in [3.05, 3.63) is 60.0 Å². The first-order valence-corrected chi connectivity index (χ1v) is 6.40. The molecule has 0 atom stereocenters. The average Bonchev–Trinajstić information content (AvgIpc) is 2.45. The van der Waals surface area contributed by atoms with Crippen molar-refractivity contribution in [1.82, 2.24) is 4.98 Å². The van der Waals surface area contributed by atoms with Gasteiger partial charge in [-0.1, -0.05) is 30.3 Å². The minimum atomic E-state index is -0.317. The van der Waals surface area contributed by atoms with E-state index in [1.165, 1.54) is 17.8 Å². The van der Waals surface area contributed by atoms with Gasteiger partial charge in [0.1, 0.15) is 11.6 Å². The molecule has 0 fully saturated rings. The summed E-state index contributed by atoms with van der Waals surface area (Å²) in [6.07, 6.45) is 2.13. The normalized spacial score (nSPS) is 10.4. The number of rotatable bonds is 6. The van der Waals surface area contributed by atoms with Crippen molar-refractivity contribution >= 4 is 5.82 Å². The highest BCUT2D eigenvalue weighted by Crippen LogP contribution is 2.15. The van der Waals surface area contributed by atoms with Crippen LogP contribution in [0.4, 0.5) is 10.2 Å². The van der Waals surface area contributed by atoms with E-state index in [0.29, 0.717) is 6.54 Å². The summed E-state index contributed by atoms with van der Waals surface area (Å²) in [5.74, 6) is 0.459. The van der Waals surface area contributed by atoms with E-state index in [2.05, 4.69) is 22.0 Å². The number of hydrogen-bond donors (Lipinski definition) is 1. The number of pyridine rings is 1. The molecule has 0 unspecified atom stereocenters. The molecule has 1 aromatic carbocycles. The fourth-order valence-electron chi connectivity index (χ4n) is 1.92. The molecule has 0 aliphatic rings. The Kier molecular flexibility index (Phi) is 4.86. The minimum Gasteiger partial charge on any atom is -0.352 e. The van der Waals surface area contributed by atoms with Gasteiger partial charge in [0.25, 0.3) is 0 Å². The van der Waals surface area contributed by atoms with Gasteiger partial charge in [0.15, 0.2) is 0 Å². The molecule has 4 heteroatoms. The quantitative estimate of drug-likeness (QED) is 0.867. The Morgan fingerprint density at radius 3 is 2.53 bits per heavy atom. The third kappa shape index (κ3) is 4.03. The summed E-state index contributed by atoms with van der Waals surface area (Å²) >= 11 is 0. The topological polar surface area (TPSA) is 42.1 Å². The van der Waals surface area contributed by atoms with Crippen LogP contribution in [-0.4, -0.2) is 18.1 Å². The monoisotopic (exact) mass is 259 g/mol. The van der Waals surface area contributed by atoms with Crippen molar-refractivity contribution in [3.63, 3.8) is 0 Å². The first-order valence-electron chi connectivity index (χ1n) is 6.40. The zero-order chi connectivity index (χ0) is 13.5. The Morgan fingerprint density at radius 1 is 1.11 bits per heavy atom. The van der Waals surface area contributed by atoms with Crippen LogP contribution < -0.4 is 10.6 Å². The smallest absolute Gasteiger partial charge is 0.141 e. The Hall–Kier alpha value is -1.94. The second-order valence-corrected chi connectivity index (χ2v) is 4.38. The van der Waals surface area contributed by atoms with Crippen molar-refractivity contribution in [2.24, 2.45) is 5.73 Å². The molecule has 0 aliphatic carbocycles. The fourth-order valence-corrected chi connectivity index (χ4v) is 1.92. The zero-order valence-corrected chi connectivity index (χ0v) is 10.8. The number of nitrogens with two attached hydrogens (primary N) is 1. The van der Waals surface area contributed by atoms with Gasteiger partial charge in [-0.25, -0.2) is 9.37 Å². The lowest BCUT2D eigenvalue weighted by molar-refractivity contribution is 0.619. The highest BCUT2D eigenvalue weighted by atomic mass is 19.1. The molecule has 0 bridgehead atoms. The van der Waals surface area contributed by atoms with Crippen molar-refractivity contribution in [2.45, 2.75) is 13.0 Å². The fraction of sp³-hybridized carbons (Fsp3) is 0.267. The van der Waals surface area contributed by atoms with Crippen LogP contribution in [0.5, 0.6) is 0 Å². The van der Waals surface area contributed by atoms with E-state index >= 15 is 0 Å². The van der Waals surface area contributed by atoms with Crippen molar-refractivity contribution in [2.75, 3.05) is 18.0 Å². The molecule has 2 aromatic rings. The number of hydrogen-bond acceptors (Lipinski definition) is 3. The van der Waals surface area contributed by atoms with E-state index in [1.807, 2.05) is 18.2 Å². The molecule has 1 heterocycles. The van der Waals surface area contributed by atoms with Gasteiger partial charge in [0.2, 0.25) is 0 Å². The van der Waals surface area contributed by atoms with E-state index < -0.39 is 0 Å². The lowest BCUT2D eigenvalue weighted by atomic mass is 10.2. The van der Waals surface area contributed by atoms with Gasteiger partial charge < -0.3 is 10.6 Å².